The molecule has 0 spiro atoms. The zero-order valence-corrected chi connectivity index (χ0v) is 8.77. The van der Waals surface area contributed by atoms with Gasteiger partial charge >= 0.3 is 6.18 Å². The number of carbonyl (C=O) groups is 1. The Hall–Kier alpha value is -1.52. The summed E-state index contributed by atoms with van der Waals surface area (Å²) in [5.74, 6) is -0.404. The summed E-state index contributed by atoms with van der Waals surface area (Å²) in [6.07, 6.45) is -3.64. The van der Waals surface area contributed by atoms with Crippen LogP contribution in [0.2, 0.25) is 0 Å². The van der Waals surface area contributed by atoms with Crippen molar-refractivity contribution in [3.8, 4) is 0 Å². The predicted octanol–water partition coefficient (Wildman–Crippen LogP) is 3.44. The molecule has 1 N–H and O–H groups in total. The lowest BCUT2D eigenvalue weighted by atomic mass is 10.1. The molecule has 2 nitrogen and oxygen atoms in total. The van der Waals surface area contributed by atoms with Crippen molar-refractivity contribution in [2.75, 3.05) is 5.32 Å². The monoisotopic (exact) mass is 231 g/mol. The highest BCUT2D eigenvalue weighted by Gasteiger charge is 2.33. The van der Waals surface area contributed by atoms with Gasteiger partial charge in [-0.2, -0.15) is 13.2 Å². The fourth-order valence-electron chi connectivity index (χ4n) is 1.28. The lowest BCUT2D eigenvalue weighted by Gasteiger charge is -2.13. The van der Waals surface area contributed by atoms with E-state index in [1.54, 1.807) is 6.92 Å². The highest BCUT2D eigenvalue weighted by molar-refractivity contribution is 5.91. The second kappa shape index (κ2) is 5.01. The van der Waals surface area contributed by atoms with Crippen molar-refractivity contribution in [1.82, 2.24) is 0 Å². The highest BCUT2D eigenvalue weighted by atomic mass is 19.4. The minimum Gasteiger partial charge on any atom is -0.326 e. The van der Waals surface area contributed by atoms with E-state index < -0.39 is 17.6 Å². The Morgan fingerprint density at radius 2 is 1.94 bits per heavy atom. The molecule has 0 unspecified atom stereocenters. The van der Waals surface area contributed by atoms with Crippen LogP contribution in [0, 0.1) is 0 Å². The van der Waals surface area contributed by atoms with Crippen LogP contribution in [0.4, 0.5) is 18.9 Å². The molecule has 0 aromatic heterocycles. The van der Waals surface area contributed by atoms with Crippen LogP contribution in [0.5, 0.6) is 0 Å². The lowest BCUT2D eigenvalue weighted by molar-refractivity contribution is -0.137. The zero-order valence-electron chi connectivity index (χ0n) is 8.77. The SMILES string of the molecule is CCCC(=O)Nc1ccccc1C(F)(F)F. The fraction of sp³-hybridized carbons (Fsp3) is 0.364. The van der Waals surface area contributed by atoms with Crippen molar-refractivity contribution in [3.63, 3.8) is 0 Å². The summed E-state index contributed by atoms with van der Waals surface area (Å²) >= 11 is 0. The van der Waals surface area contributed by atoms with E-state index >= 15 is 0 Å². The Morgan fingerprint density at radius 3 is 2.50 bits per heavy atom. The van der Waals surface area contributed by atoms with Gasteiger partial charge in [0.1, 0.15) is 0 Å². The van der Waals surface area contributed by atoms with Gasteiger partial charge in [-0.15, -0.1) is 0 Å². The molecule has 0 bridgehead atoms. The fourth-order valence-corrected chi connectivity index (χ4v) is 1.28. The van der Waals surface area contributed by atoms with Gasteiger partial charge in [0.05, 0.1) is 11.3 Å². The van der Waals surface area contributed by atoms with Crippen LogP contribution in [-0.4, -0.2) is 5.91 Å². The molecule has 0 heterocycles. The molecule has 0 saturated heterocycles. The number of halogens is 3. The Morgan fingerprint density at radius 1 is 1.31 bits per heavy atom. The van der Waals surface area contributed by atoms with Gasteiger partial charge in [0.2, 0.25) is 5.91 Å². The minimum absolute atomic E-state index is 0.187. The molecule has 0 aliphatic carbocycles. The van der Waals surface area contributed by atoms with Gasteiger partial charge in [0.15, 0.2) is 0 Å². The maximum atomic E-state index is 12.5. The van der Waals surface area contributed by atoms with Gasteiger partial charge in [-0.25, -0.2) is 0 Å². The number of rotatable bonds is 3. The van der Waals surface area contributed by atoms with Gasteiger partial charge in [-0.05, 0) is 18.6 Å². The second-order valence-corrected chi connectivity index (χ2v) is 3.34. The van der Waals surface area contributed by atoms with Crippen LogP contribution in [0.15, 0.2) is 24.3 Å². The van der Waals surface area contributed by atoms with Gasteiger partial charge < -0.3 is 5.32 Å². The molecule has 5 heteroatoms. The third-order valence-corrected chi connectivity index (χ3v) is 1.98. The molecule has 0 atom stereocenters. The molecule has 0 saturated carbocycles. The summed E-state index contributed by atoms with van der Waals surface area (Å²) in [6, 6.07) is 4.94. The average molecular weight is 231 g/mol. The number of amides is 1. The second-order valence-electron chi connectivity index (χ2n) is 3.34. The summed E-state index contributed by atoms with van der Waals surface area (Å²) in [7, 11) is 0. The molecule has 1 aromatic carbocycles. The van der Waals surface area contributed by atoms with Crippen molar-refractivity contribution >= 4 is 11.6 Å². The van der Waals surface area contributed by atoms with Crippen LogP contribution >= 0.6 is 0 Å². The van der Waals surface area contributed by atoms with Gasteiger partial charge in [0.25, 0.3) is 0 Å². The third-order valence-electron chi connectivity index (χ3n) is 1.98. The highest BCUT2D eigenvalue weighted by Crippen LogP contribution is 2.34. The number of hydrogen-bond donors (Lipinski definition) is 1. The summed E-state index contributed by atoms with van der Waals surface area (Å²) in [5.41, 5.74) is -1.01. The molecule has 0 aliphatic rings. The Bertz CT molecular complexity index is 374. The lowest BCUT2D eigenvalue weighted by Crippen LogP contribution is -2.15. The summed E-state index contributed by atoms with van der Waals surface area (Å²) in [5, 5.41) is 2.26. The first-order valence-corrected chi connectivity index (χ1v) is 4.91. The van der Waals surface area contributed by atoms with E-state index in [0.29, 0.717) is 6.42 Å². The molecule has 16 heavy (non-hydrogen) atoms. The summed E-state index contributed by atoms with van der Waals surface area (Å²) < 4.78 is 37.6. The van der Waals surface area contributed by atoms with Crippen LogP contribution < -0.4 is 5.32 Å². The van der Waals surface area contributed by atoms with E-state index in [4.69, 9.17) is 0 Å². The molecule has 0 aliphatic heterocycles. The van der Waals surface area contributed by atoms with E-state index in [-0.39, 0.29) is 12.1 Å². The molecule has 1 rings (SSSR count). The number of anilines is 1. The summed E-state index contributed by atoms with van der Waals surface area (Å²) in [4.78, 5) is 11.2. The van der Waals surface area contributed by atoms with Gasteiger partial charge in [-0.1, -0.05) is 19.1 Å². The van der Waals surface area contributed by atoms with Crippen molar-refractivity contribution in [3.05, 3.63) is 29.8 Å². The van der Waals surface area contributed by atoms with Crippen molar-refractivity contribution < 1.29 is 18.0 Å². The van der Waals surface area contributed by atoms with Crippen LogP contribution in [0.25, 0.3) is 0 Å². The molecular weight excluding hydrogens is 219 g/mol. The third kappa shape index (κ3) is 3.25. The van der Waals surface area contributed by atoms with Crippen molar-refractivity contribution in [2.45, 2.75) is 25.9 Å². The first kappa shape index (κ1) is 12.5. The first-order valence-electron chi connectivity index (χ1n) is 4.91. The average Bonchev–Trinajstić information content (AvgIpc) is 2.17. The van der Waals surface area contributed by atoms with Crippen molar-refractivity contribution in [2.24, 2.45) is 0 Å². The largest absolute Gasteiger partial charge is 0.418 e. The van der Waals surface area contributed by atoms with Crippen LogP contribution in [-0.2, 0) is 11.0 Å². The maximum absolute atomic E-state index is 12.5. The normalized spacial score (nSPS) is 11.2. The molecular formula is C11H12F3NO. The van der Waals surface area contributed by atoms with Gasteiger partial charge in [0, 0.05) is 6.42 Å². The number of benzene rings is 1. The maximum Gasteiger partial charge on any atom is 0.418 e. The van der Waals surface area contributed by atoms with Gasteiger partial charge in [-0.3, -0.25) is 4.79 Å². The molecule has 0 fully saturated rings. The van der Waals surface area contributed by atoms with E-state index in [0.717, 1.165) is 6.07 Å². The minimum atomic E-state index is -4.45. The van der Waals surface area contributed by atoms with Crippen molar-refractivity contribution in [1.29, 1.82) is 0 Å². The van der Waals surface area contributed by atoms with E-state index in [2.05, 4.69) is 5.32 Å². The standard InChI is InChI=1S/C11H12F3NO/c1-2-5-10(16)15-9-7-4-3-6-8(9)11(12,13)14/h3-4,6-7H,2,5H2,1H3,(H,15,16). The van der Waals surface area contributed by atoms with Crippen LogP contribution in [0.3, 0.4) is 0 Å². The smallest absolute Gasteiger partial charge is 0.326 e. The first-order chi connectivity index (χ1) is 7.45. The van der Waals surface area contributed by atoms with E-state index in [9.17, 15) is 18.0 Å². The number of alkyl halides is 3. The molecule has 1 amide bonds. The number of nitrogens with one attached hydrogen (secondary N) is 1. The van der Waals surface area contributed by atoms with Crippen LogP contribution in [0.1, 0.15) is 25.3 Å². The Labute approximate surface area is 91.5 Å². The number of carbonyl (C=O) groups excluding carboxylic acids is 1. The number of hydrogen-bond acceptors (Lipinski definition) is 1. The zero-order chi connectivity index (χ0) is 12.2. The summed E-state index contributed by atoms with van der Waals surface area (Å²) in [6.45, 7) is 1.79. The molecule has 0 radical (unpaired) electrons. The predicted molar refractivity (Wildman–Crippen MR) is 55.0 cm³/mol. The topological polar surface area (TPSA) is 29.1 Å². The molecule has 1 aromatic rings. The molecule has 88 valence electrons. The van der Waals surface area contributed by atoms with E-state index in [1.807, 2.05) is 0 Å². The Balaban J connectivity index is 2.92. The Kier molecular flexibility index (Phi) is 3.93. The quantitative estimate of drug-likeness (QED) is 0.848. The number of para-hydroxylation sites is 1. The van der Waals surface area contributed by atoms with E-state index in [1.165, 1.54) is 18.2 Å².